The van der Waals surface area contributed by atoms with Crippen molar-refractivity contribution in [1.29, 1.82) is 5.41 Å². The second kappa shape index (κ2) is 4.71. The molecule has 80 valence electrons. The molecule has 0 bridgehead atoms. The minimum absolute atomic E-state index is 0.0195. The van der Waals surface area contributed by atoms with E-state index in [0.717, 1.165) is 10.1 Å². The number of nitrogens with two attached hydrogens (primary N) is 1. The van der Waals surface area contributed by atoms with E-state index in [1.165, 1.54) is 18.1 Å². The molecule has 0 aliphatic carbocycles. The maximum Gasteiger partial charge on any atom is 0.124 e. The van der Waals surface area contributed by atoms with E-state index >= 15 is 0 Å². The van der Waals surface area contributed by atoms with Crippen LogP contribution in [0.25, 0.3) is 0 Å². The van der Waals surface area contributed by atoms with E-state index in [-0.39, 0.29) is 5.84 Å². The molecule has 0 unspecified atom stereocenters. The lowest BCUT2D eigenvalue weighted by Gasteiger charge is -2.00. The molecule has 2 aromatic heterocycles. The molecule has 0 aliphatic heterocycles. The van der Waals surface area contributed by atoms with Crippen LogP contribution in [0, 0.1) is 5.41 Å². The quantitative estimate of drug-likeness (QED) is 0.472. The summed E-state index contributed by atoms with van der Waals surface area (Å²) in [6.07, 6.45) is 4.75. The van der Waals surface area contributed by atoms with Crippen LogP contribution in [0.2, 0.25) is 0 Å². The van der Waals surface area contributed by atoms with Crippen LogP contribution < -0.4 is 5.73 Å². The zero-order valence-electron chi connectivity index (χ0n) is 8.29. The van der Waals surface area contributed by atoms with Crippen molar-refractivity contribution in [2.75, 3.05) is 0 Å². The number of nitrogens with one attached hydrogen (secondary N) is 1. The van der Waals surface area contributed by atoms with Crippen molar-refractivity contribution >= 4 is 17.6 Å². The van der Waals surface area contributed by atoms with E-state index in [4.69, 9.17) is 11.1 Å². The van der Waals surface area contributed by atoms with Gasteiger partial charge in [-0.1, -0.05) is 0 Å². The van der Waals surface area contributed by atoms with Gasteiger partial charge in [0.1, 0.15) is 22.2 Å². The molecule has 0 spiro atoms. The smallest absolute Gasteiger partial charge is 0.124 e. The van der Waals surface area contributed by atoms with Crippen LogP contribution in [0.15, 0.2) is 47.0 Å². The number of hydrogen-bond donors (Lipinski definition) is 2. The molecular formula is C10H9N5S. The number of hydrogen-bond acceptors (Lipinski definition) is 5. The number of amidine groups is 1. The highest BCUT2D eigenvalue weighted by molar-refractivity contribution is 7.99. The summed E-state index contributed by atoms with van der Waals surface area (Å²) in [4.78, 5) is 12.1. The third-order valence-electron chi connectivity index (χ3n) is 1.81. The molecule has 0 saturated heterocycles. The summed E-state index contributed by atoms with van der Waals surface area (Å²) < 4.78 is 0. The monoisotopic (exact) mass is 231 g/mol. The predicted octanol–water partition coefficient (Wildman–Crippen LogP) is 1.31. The minimum atomic E-state index is 0.0195. The molecule has 16 heavy (non-hydrogen) atoms. The maximum absolute atomic E-state index is 7.24. The van der Waals surface area contributed by atoms with Gasteiger partial charge in [0.15, 0.2) is 0 Å². The molecule has 2 rings (SSSR count). The lowest BCUT2D eigenvalue weighted by atomic mass is 10.3. The Kier molecular flexibility index (Phi) is 3.11. The fraction of sp³-hybridized carbons (Fsp3) is 0. The van der Waals surface area contributed by atoms with Crippen LogP contribution in [0.1, 0.15) is 5.56 Å². The van der Waals surface area contributed by atoms with Crippen LogP contribution in [-0.4, -0.2) is 20.8 Å². The maximum atomic E-state index is 7.24. The normalized spacial score (nSPS) is 10.0. The van der Waals surface area contributed by atoms with E-state index in [9.17, 15) is 0 Å². The van der Waals surface area contributed by atoms with Crippen LogP contribution in [0.4, 0.5) is 0 Å². The van der Waals surface area contributed by atoms with Crippen molar-refractivity contribution in [3.05, 3.63) is 42.5 Å². The molecule has 0 fully saturated rings. The summed E-state index contributed by atoms with van der Waals surface area (Å²) in [5.74, 6) is 0.0195. The Balaban J connectivity index is 2.14. The molecule has 0 amide bonds. The predicted molar refractivity (Wildman–Crippen MR) is 61.4 cm³/mol. The van der Waals surface area contributed by atoms with Crippen LogP contribution in [0.5, 0.6) is 0 Å². The third-order valence-corrected chi connectivity index (χ3v) is 2.71. The van der Waals surface area contributed by atoms with Gasteiger partial charge in [0, 0.05) is 18.0 Å². The van der Waals surface area contributed by atoms with Gasteiger partial charge in [0.05, 0.1) is 0 Å². The van der Waals surface area contributed by atoms with E-state index < -0.39 is 0 Å². The third kappa shape index (κ3) is 2.54. The topological polar surface area (TPSA) is 88.5 Å². The van der Waals surface area contributed by atoms with Crippen molar-refractivity contribution in [2.24, 2.45) is 5.73 Å². The first-order valence-corrected chi connectivity index (χ1v) is 5.31. The number of pyridine rings is 1. The lowest BCUT2D eigenvalue weighted by Crippen LogP contribution is -2.10. The number of nitrogen functional groups attached to an aromatic ring is 1. The fourth-order valence-electron chi connectivity index (χ4n) is 1.05. The van der Waals surface area contributed by atoms with Gasteiger partial charge in [-0.15, -0.1) is 0 Å². The SMILES string of the molecule is N=C(N)c1ccc(Sc2ccncn2)nc1. The molecular weight excluding hydrogens is 222 g/mol. The Bertz CT molecular complexity index is 482. The summed E-state index contributed by atoms with van der Waals surface area (Å²) in [5, 5.41) is 8.88. The van der Waals surface area contributed by atoms with Gasteiger partial charge in [-0.3, -0.25) is 5.41 Å². The standard InChI is InChI=1S/C10H9N5S/c11-10(12)7-1-2-8(14-5-7)16-9-3-4-13-6-15-9/h1-6H,(H3,11,12). The highest BCUT2D eigenvalue weighted by Crippen LogP contribution is 2.22. The van der Waals surface area contributed by atoms with Crippen molar-refractivity contribution in [2.45, 2.75) is 10.1 Å². The van der Waals surface area contributed by atoms with E-state index in [0.29, 0.717) is 5.56 Å². The zero-order chi connectivity index (χ0) is 11.4. The Morgan fingerprint density at radius 1 is 1.19 bits per heavy atom. The second-order valence-electron chi connectivity index (χ2n) is 2.95. The van der Waals surface area contributed by atoms with Crippen LogP contribution in [0.3, 0.4) is 0 Å². The number of nitrogens with zero attached hydrogens (tertiary/aromatic N) is 3. The molecule has 0 radical (unpaired) electrons. The molecule has 5 nitrogen and oxygen atoms in total. The Morgan fingerprint density at radius 3 is 2.56 bits per heavy atom. The van der Waals surface area contributed by atoms with Crippen LogP contribution >= 0.6 is 11.8 Å². The van der Waals surface area contributed by atoms with Gasteiger partial charge in [-0.05, 0) is 30.0 Å². The molecule has 0 atom stereocenters. The molecule has 0 saturated carbocycles. The van der Waals surface area contributed by atoms with E-state index in [1.54, 1.807) is 18.5 Å². The van der Waals surface area contributed by atoms with Gasteiger partial charge in [0.2, 0.25) is 0 Å². The van der Waals surface area contributed by atoms with E-state index in [2.05, 4.69) is 15.0 Å². The lowest BCUT2D eigenvalue weighted by molar-refractivity contribution is 1.04. The summed E-state index contributed by atoms with van der Waals surface area (Å²) in [5.41, 5.74) is 5.95. The molecule has 2 heterocycles. The summed E-state index contributed by atoms with van der Waals surface area (Å²) in [6, 6.07) is 5.38. The highest BCUT2D eigenvalue weighted by atomic mass is 32.2. The van der Waals surface area contributed by atoms with Gasteiger partial charge in [0.25, 0.3) is 0 Å². The molecule has 0 aromatic carbocycles. The van der Waals surface area contributed by atoms with E-state index in [1.807, 2.05) is 12.1 Å². The first-order chi connectivity index (χ1) is 7.75. The summed E-state index contributed by atoms with van der Waals surface area (Å²) in [6.45, 7) is 0. The summed E-state index contributed by atoms with van der Waals surface area (Å²) in [7, 11) is 0. The molecule has 0 aliphatic rings. The number of aromatic nitrogens is 3. The zero-order valence-corrected chi connectivity index (χ0v) is 9.11. The van der Waals surface area contributed by atoms with Gasteiger partial charge < -0.3 is 5.73 Å². The number of rotatable bonds is 3. The van der Waals surface area contributed by atoms with Crippen molar-refractivity contribution in [3.8, 4) is 0 Å². The van der Waals surface area contributed by atoms with Gasteiger partial charge >= 0.3 is 0 Å². The Hall–Kier alpha value is -1.95. The average Bonchev–Trinajstić information content (AvgIpc) is 2.31. The van der Waals surface area contributed by atoms with Crippen molar-refractivity contribution < 1.29 is 0 Å². The Morgan fingerprint density at radius 2 is 2.00 bits per heavy atom. The second-order valence-corrected chi connectivity index (χ2v) is 3.99. The van der Waals surface area contributed by atoms with Gasteiger partial charge in [-0.2, -0.15) is 0 Å². The van der Waals surface area contributed by atoms with Crippen molar-refractivity contribution in [3.63, 3.8) is 0 Å². The largest absolute Gasteiger partial charge is 0.384 e. The van der Waals surface area contributed by atoms with Crippen LogP contribution in [-0.2, 0) is 0 Å². The Labute approximate surface area is 96.7 Å². The minimum Gasteiger partial charge on any atom is -0.384 e. The molecule has 3 N–H and O–H groups in total. The molecule has 2 aromatic rings. The van der Waals surface area contributed by atoms with Gasteiger partial charge in [-0.25, -0.2) is 15.0 Å². The fourth-order valence-corrected chi connectivity index (χ4v) is 1.73. The first-order valence-electron chi connectivity index (χ1n) is 4.50. The average molecular weight is 231 g/mol. The molecule has 6 heteroatoms. The first kappa shape index (κ1) is 10.6. The highest BCUT2D eigenvalue weighted by Gasteiger charge is 2.01. The summed E-state index contributed by atoms with van der Waals surface area (Å²) >= 11 is 1.43. The van der Waals surface area contributed by atoms with Crippen molar-refractivity contribution in [1.82, 2.24) is 15.0 Å².